The van der Waals surface area contributed by atoms with Gasteiger partial charge in [0.15, 0.2) is 5.17 Å². The van der Waals surface area contributed by atoms with Crippen LogP contribution in [0.3, 0.4) is 0 Å². The van der Waals surface area contributed by atoms with E-state index >= 15 is 0 Å². The second-order valence-electron chi connectivity index (χ2n) is 7.26. The first-order valence-corrected chi connectivity index (χ1v) is 11.9. The minimum atomic E-state index is -0.986. The fraction of sp³-hybridized carbons (Fsp3) is 0.0400. The van der Waals surface area contributed by atoms with Gasteiger partial charge in [-0.25, -0.2) is 9.78 Å². The monoisotopic (exact) mass is 487 g/mol. The predicted molar refractivity (Wildman–Crippen MR) is 135 cm³/mol. The number of carbonyl (C=O) groups excluding carboxylic acids is 1. The lowest BCUT2D eigenvalue weighted by atomic mass is 10.1. The number of amidine groups is 1. The lowest BCUT2D eigenvalue weighted by Crippen LogP contribution is -2.29. The van der Waals surface area contributed by atoms with Crippen molar-refractivity contribution in [1.82, 2.24) is 9.88 Å². The smallest absolute Gasteiger partial charge is 0.335 e. The molecule has 4 aromatic rings. The highest BCUT2D eigenvalue weighted by atomic mass is 32.2. The van der Waals surface area contributed by atoms with E-state index in [0.29, 0.717) is 33.3 Å². The number of thiazole rings is 1. The number of rotatable bonds is 6. The normalized spacial score (nSPS) is 16.1. The van der Waals surface area contributed by atoms with Crippen molar-refractivity contribution in [2.24, 2.45) is 4.99 Å². The molecule has 1 amide bonds. The van der Waals surface area contributed by atoms with Crippen molar-refractivity contribution in [2.75, 3.05) is 6.54 Å². The molecule has 7 nitrogen and oxygen atoms in total. The maximum Gasteiger partial charge on any atom is 0.335 e. The number of thioether (sulfide) groups is 1. The lowest BCUT2D eigenvalue weighted by Gasteiger charge is -2.11. The van der Waals surface area contributed by atoms with Crippen molar-refractivity contribution < 1.29 is 19.1 Å². The second kappa shape index (κ2) is 9.12. The number of para-hydroxylation sites is 1. The van der Waals surface area contributed by atoms with Crippen molar-refractivity contribution in [3.8, 4) is 11.3 Å². The van der Waals surface area contributed by atoms with Gasteiger partial charge in [-0.3, -0.25) is 9.69 Å². The molecule has 2 aromatic heterocycles. The molecule has 1 fully saturated rings. The summed E-state index contributed by atoms with van der Waals surface area (Å²) in [6.45, 7) is 4.08. The van der Waals surface area contributed by atoms with Gasteiger partial charge in [-0.1, -0.05) is 41.7 Å². The molecule has 0 radical (unpaired) electrons. The van der Waals surface area contributed by atoms with Crippen LogP contribution in [0.25, 0.3) is 27.6 Å². The topological polar surface area (TPSA) is 96.0 Å². The van der Waals surface area contributed by atoms with Gasteiger partial charge in [-0.2, -0.15) is 4.99 Å². The third-order valence-corrected chi connectivity index (χ3v) is 6.93. The molecule has 3 heterocycles. The van der Waals surface area contributed by atoms with E-state index in [9.17, 15) is 9.59 Å². The first-order chi connectivity index (χ1) is 16.5. The van der Waals surface area contributed by atoms with Crippen molar-refractivity contribution in [3.63, 3.8) is 0 Å². The Labute approximate surface area is 202 Å². The van der Waals surface area contributed by atoms with Gasteiger partial charge in [-0.05, 0) is 48.2 Å². The number of aromatic nitrogens is 1. The molecule has 34 heavy (non-hydrogen) atoms. The number of fused-ring (bicyclic) bond motifs is 1. The zero-order valence-electron chi connectivity index (χ0n) is 17.7. The predicted octanol–water partition coefficient (Wildman–Crippen LogP) is 6.04. The number of hydrogen-bond acceptors (Lipinski definition) is 7. The SMILES string of the molecule is C=CCN1C(=O)C(=Cc2ccc(-c3ccc(C(=O)O)cc3)o2)SC1=Nc1nc2ccccc2s1. The van der Waals surface area contributed by atoms with Gasteiger partial charge in [0.1, 0.15) is 11.5 Å². The molecule has 1 aliphatic rings. The summed E-state index contributed by atoms with van der Waals surface area (Å²) in [5.41, 5.74) is 1.81. The highest BCUT2D eigenvalue weighted by molar-refractivity contribution is 8.18. The van der Waals surface area contributed by atoms with E-state index in [1.807, 2.05) is 24.3 Å². The molecule has 0 atom stereocenters. The molecular formula is C25H17N3O4S2. The second-order valence-corrected chi connectivity index (χ2v) is 9.28. The van der Waals surface area contributed by atoms with Crippen LogP contribution in [0.4, 0.5) is 5.13 Å². The van der Waals surface area contributed by atoms with E-state index < -0.39 is 5.97 Å². The zero-order chi connectivity index (χ0) is 23.7. The maximum atomic E-state index is 13.0. The van der Waals surface area contributed by atoms with Crippen LogP contribution in [0.2, 0.25) is 0 Å². The number of benzene rings is 2. The molecular weight excluding hydrogens is 470 g/mol. The number of aliphatic imine (C=N–C) groups is 1. The molecule has 168 valence electrons. The molecule has 0 bridgehead atoms. The van der Waals surface area contributed by atoms with Crippen molar-refractivity contribution in [3.05, 3.63) is 89.5 Å². The Hall–Kier alpha value is -3.95. The Morgan fingerprint density at radius 3 is 2.68 bits per heavy atom. The van der Waals surface area contributed by atoms with E-state index in [0.717, 1.165) is 15.8 Å². The third kappa shape index (κ3) is 4.30. The zero-order valence-corrected chi connectivity index (χ0v) is 19.3. The molecule has 9 heteroatoms. The van der Waals surface area contributed by atoms with E-state index in [4.69, 9.17) is 9.52 Å². The largest absolute Gasteiger partial charge is 0.478 e. The van der Waals surface area contributed by atoms with Crippen molar-refractivity contribution in [1.29, 1.82) is 0 Å². The van der Waals surface area contributed by atoms with Crippen LogP contribution in [-0.4, -0.2) is 38.6 Å². The van der Waals surface area contributed by atoms with Gasteiger partial charge in [0.25, 0.3) is 5.91 Å². The number of carbonyl (C=O) groups is 2. The van der Waals surface area contributed by atoms with Crippen molar-refractivity contribution in [2.45, 2.75) is 0 Å². The fourth-order valence-corrected chi connectivity index (χ4v) is 5.23. The van der Waals surface area contributed by atoms with Crippen LogP contribution in [0.5, 0.6) is 0 Å². The number of hydrogen-bond donors (Lipinski definition) is 1. The van der Waals surface area contributed by atoms with Crippen molar-refractivity contribution >= 4 is 61.6 Å². The van der Waals surface area contributed by atoms with Crippen LogP contribution in [0.15, 0.2) is 87.6 Å². The number of carboxylic acid groups (broad SMARTS) is 1. The van der Waals surface area contributed by atoms with E-state index in [2.05, 4.69) is 16.6 Å². The average Bonchev–Trinajstić information content (AvgIpc) is 3.54. The summed E-state index contributed by atoms with van der Waals surface area (Å²) in [6.07, 6.45) is 3.33. The number of nitrogens with zero attached hydrogens (tertiary/aromatic N) is 3. The number of carboxylic acids is 1. The Morgan fingerprint density at radius 2 is 1.94 bits per heavy atom. The van der Waals surface area contributed by atoms with Crippen LogP contribution < -0.4 is 0 Å². The van der Waals surface area contributed by atoms with E-state index in [-0.39, 0.29) is 11.5 Å². The van der Waals surface area contributed by atoms with Gasteiger partial charge >= 0.3 is 5.97 Å². The summed E-state index contributed by atoms with van der Waals surface area (Å²) in [4.78, 5) is 35.3. The first kappa shape index (κ1) is 21.9. The molecule has 1 aliphatic heterocycles. The highest BCUT2D eigenvalue weighted by Crippen LogP contribution is 2.36. The Balaban J connectivity index is 1.42. The third-order valence-electron chi connectivity index (χ3n) is 4.99. The summed E-state index contributed by atoms with van der Waals surface area (Å²) >= 11 is 2.72. The van der Waals surface area contributed by atoms with Gasteiger partial charge in [0.05, 0.1) is 20.7 Å². The Bertz CT molecular complexity index is 1450. The summed E-state index contributed by atoms with van der Waals surface area (Å²) in [5.74, 6) is -0.0902. The standard InChI is InChI=1S/C25H17N3O4S2/c1-2-13-28-22(29)21(34-25(28)27-24-26-18-5-3-4-6-20(18)33-24)14-17-11-12-19(32-17)15-7-9-16(10-8-15)23(30)31/h2-12,14H,1,13H2,(H,30,31). The molecule has 5 rings (SSSR count). The highest BCUT2D eigenvalue weighted by Gasteiger charge is 2.33. The van der Waals surface area contributed by atoms with Gasteiger partial charge < -0.3 is 9.52 Å². The van der Waals surface area contributed by atoms with Crippen LogP contribution in [-0.2, 0) is 4.79 Å². The average molecular weight is 488 g/mol. The quantitative estimate of drug-likeness (QED) is 0.263. The fourth-order valence-electron chi connectivity index (χ4n) is 3.36. The lowest BCUT2D eigenvalue weighted by molar-refractivity contribution is -0.121. The summed E-state index contributed by atoms with van der Waals surface area (Å²) in [6, 6.07) is 17.8. The molecule has 1 N–H and O–H groups in total. The molecule has 1 saturated heterocycles. The Morgan fingerprint density at radius 1 is 1.15 bits per heavy atom. The minimum Gasteiger partial charge on any atom is -0.478 e. The van der Waals surface area contributed by atoms with Gasteiger partial charge in [-0.15, -0.1) is 6.58 Å². The van der Waals surface area contributed by atoms with Crippen LogP contribution in [0, 0.1) is 0 Å². The summed E-state index contributed by atoms with van der Waals surface area (Å²) in [7, 11) is 0. The molecule has 0 unspecified atom stereocenters. The minimum absolute atomic E-state index is 0.187. The summed E-state index contributed by atoms with van der Waals surface area (Å²) < 4.78 is 6.92. The maximum absolute atomic E-state index is 13.0. The van der Waals surface area contributed by atoms with E-state index in [1.54, 1.807) is 41.3 Å². The van der Waals surface area contributed by atoms with Crippen LogP contribution >= 0.6 is 23.1 Å². The molecule has 0 saturated carbocycles. The molecule has 0 aliphatic carbocycles. The van der Waals surface area contributed by atoms with Gasteiger partial charge in [0.2, 0.25) is 5.13 Å². The number of aromatic carboxylic acids is 1. The summed E-state index contributed by atoms with van der Waals surface area (Å²) in [5, 5.41) is 10.2. The van der Waals surface area contributed by atoms with Gasteiger partial charge in [0, 0.05) is 18.2 Å². The molecule has 2 aromatic carbocycles. The number of furan rings is 1. The molecule has 0 spiro atoms. The number of amides is 1. The van der Waals surface area contributed by atoms with Crippen LogP contribution in [0.1, 0.15) is 16.1 Å². The van der Waals surface area contributed by atoms with E-state index in [1.165, 1.54) is 35.2 Å². The first-order valence-electron chi connectivity index (χ1n) is 10.2. The Kier molecular flexibility index (Phi) is 5.87.